The molecule has 1 aromatic heterocycles. The van der Waals surface area contributed by atoms with E-state index in [1.54, 1.807) is 10.8 Å². The summed E-state index contributed by atoms with van der Waals surface area (Å²) in [5.41, 5.74) is 4.51. The maximum atomic E-state index is 14.0. The number of carboxylic acid groups (broad SMARTS) is 2. The second-order valence-corrected chi connectivity index (χ2v) is 4.58. The highest BCUT2D eigenvalue weighted by molar-refractivity contribution is 5.83. The van der Waals surface area contributed by atoms with Gasteiger partial charge in [0.15, 0.2) is 11.2 Å². The van der Waals surface area contributed by atoms with E-state index in [1.807, 2.05) is 0 Å². The smallest absolute Gasteiger partial charge is 0.450 e. The van der Waals surface area contributed by atoms with Gasteiger partial charge in [0, 0.05) is 18.3 Å². The molecule has 0 aliphatic heterocycles. The third-order valence-corrected chi connectivity index (χ3v) is 3.08. The molecule has 2 aromatic rings. The van der Waals surface area contributed by atoms with Gasteiger partial charge in [0.1, 0.15) is 11.5 Å². The average Bonchev–Trinajstić information content (AvgIpc) is 3.21. The van der Waals surface area contributed by atoms with Crippen molar-refractivity contribution < 1.29 is 23.8 Å². The number of aromatic nitrogens is 1. The molecule has 4 N–H and O–H groups in total. The SMILES string of the molecule is Nc1c(F)cc2c(=O)ccn(C3CC3)c2c1F.O=C(O)O. The molecule has 0 amide bonds. The van der Waals surface area contributed by atoms with Crippen LogP contribution in [0.5, 0.6) is 0 Å². The van der Waals surface area contributed by atoms with Crippen LogP contribution in [0.2, 0.25) is 0 Å². The summed E-state index contributed by atoms with van der Waals surface area (Å²) >= 11 is 0. The van der Waals surface area contributed by atoms with Gasteiger partial charge in [-0.1, -0.05) is 0 Å². The molecule has 0 bridgehead atoms. The number of benzene rings is 1. The Morgan fingerprint density at radius 2 is 1.90 bits per heavy atom. The van der Waals surface area contributed by atoms with E-state index in [-0.39, 0.29) is 16.9 Å². The van der Waals surface area contributed by atoms with Gasteiger partial charge in [0.05, 0.1) is 10.9 Å². The predicted octanol–water partition coefficient (Wildman–Crippen LogP) is 2.42. The van der Waals surface area contributed by atoms with Crippen LogP contribution in [-0.4, -0.2) is 20.9 Å². The lowest BCUT2D eigenvalue weighted by Crippen LogP contribution is -2.11. The van der Waals surface area contributed by atoms with Crippen LogP contribution < -0.4 is 11.2 Å². The van der Waals surface area contributed by atoms with Gasteiger partial charge in [-0.2, -0.15) is 0 Å². The van der Waals surface area contributed by atoms with E-state index in [0.29, 0.717) is 0 Å². The van der Waals surface area contributed by atoms with Gasteiger partial charge in [-0.15, -0.1) is 0 Å². The van der Waals surface area contributed by atoms with Crippen molar-refractivity contribution in [2.75, 3.05) is 5.73 Å². The molecule has 0 unspecified atom stereocenters. The van der Waals surface area contributed by atoms with Crippen molar-refractivity contribution in [3.63, 3.8) is 0 Å². The molecule has 1 saturated carbocycles. The Hall–Kier alpha value is -2.64. The fourth-order valence-electron chi connectivity index (χ4n) is 2.03. The monoisotopic (exact) mass is 298 g/mol. The topological polar surface area (TPSA) is 106 Å². The molecule has 1 aliphatic carbocycles. The molecule has 21 heavy (non-hydrogen) atoms. The van der Waals surface area contributed by atoms with Gasteiger partial charge in [-0.25, -0.2) is 13.6 Å². The maximum Gasteiger partial charge on any atom is 0.503 e. The zero-order valence-corrected chi connectivity index (χ0v) is 10.7. The number of carbonyl (C=O) groups is 1. The van der Waals surface area contributed by atoms with E-state index in [9.17, 15) is 13.6 Å². The third kappa shape index (κ3) is 2.93. The molecule has 8 heteroatoms. The summed E-state index contributed by atoms with van der Waals surface area (Å²) < 4.78 is 29.0. The lowest BCUT2D eigenvalue weighted by Gasteiger charge is -2.11. The van der Waals surface area contributed by atoms with Crippen molar-refractivity contribution in [1.29, 1.82) is 0 Å². The molecule has 1 aliphatic rings. The van der Waals surface area contributed by atoms with Crippen molar-refractivity contribution in [3.8, 4) is 0 Å². The van der Waals surface area contributed by atoms with Crippen LogP contribution in [0, 0.1) is 11.6 Å². The van der Waals surface area contributed by atoms with Gasteiger partial charge in [-0.05, 0) is 18.9 Å². The first kappa shape index (κ1) is 14.8. The van der Waals surface area contributed by atoms with Crippen LogP contribution in [0.1, 0.15) is 18.9 Å². The van der Waals surface area contributed by atoms with Crippen LogP contribution in [0.3, 0.4) is 0 Å². The van der Waals surface area contributed by atoms with Crippen molar-refractivity contribution in [3.05, 3.63) is 40.2 Å². The average molecular weight is 298 g/mol. The Balaban J connectivity index is 0.000000361. The van der Waals surface area contributed by atoms with Gasteiger partial charge in [0.2, 0.25) is 0 Å². The van der Waals surface area contributed by atoms with E-state index >= 15 is 0 Å². The molecule has 3 rings (SSSR count). The van der Waals surface area contributed by atoms with Crippen molar-refractivity contribution in [2.45, 2.75) is 18.9 Å². The Morgan fingerprint density at radius 3 is 2.43 bits per heavy atom. The molecule has 1 fully saturated rings. The number of nitrogen functional groups attached to an aromatic ring is 1. The first-order valence-electron chi connectivity index (χ1n) is 6.03. The first-order valence-corrected chi connectivity index (χ1v) is 6.03. The minimum Gasteiger partial charge on any atom is -0.450 e. The summed E-state index contributed by atoms with van der Waals surface area (Å²) in [6.07, 6.45) is 1.59. The number of halogens is 2. The molecule has 0 saturated heterocycles. The van der Waals surface area contributed by atoms with Crippen LogP contribution in [0.25, 0.3) is 10.9 Å². The minimum atomic E-state index is -1.83. The summed E-state index contributed by atoms with van der Waals surface area (Å²) in [6.45, 7) is 0. The summed E-state index contributed by atoms with van der Waals surface area (Å²) in [5, 5.41) is 14.0. The minimum absolute atomic E-state index is 0.0450. The zero-order chi connectivity index (χ0) is 15.7. The zero-order valence-electron chi connectivity index (χ0n) is 10.7. The van der Waals surface area contributed by atoms with Crippen LogP contribution in [0.4, 0.5) is 19.3 Å². The fourth-order valence-corrected chi connectivity index (χ4v) is 2.03. The number of hydrogen-bond donors (Lipinski definition) is 3. The van der Waals surface area contributed by atoms with Crippen LogP contribution in [-0.2, 0) is 0 Å². The number of anilines is 1. The largest absolute Gasteiger partial charge is 0.503 e. The van der Waals surface area contributed by atoms with Crippen LogP contribution in [0.15, 0.2) is 23.1 Å². The number of hydrogen-bond acceptors (Lipinski definition) is 3. The second-order valence-electron chi connectivity index (χ2n) is 4.58. The van der Waals surface area contributed by atoms with Crippen molar-refractivity contribution in [1.82, 2.24) is 4.57 Å². The number of fused-ring (bicyclic) bond motifs is 1. The molecule has 1 heterocycles. The van der Waals surface area contributed by atoms with Crippen molar-refractivity contribution >= 4 is 22.7 Å². The first-order chi connectivity index (χ1) is 9.82. The summed E-state index contributed by atoms with van der Waals surface area (Å²) in [7, 11) is 0. The number of nitrogens with zero attached hydrogens (tertiary/aromatic N) is 1. The van der Waals surface area contributed by atoms with Gasteiger partial charge in [-0.3, -0.25) is 4.79 Å². The molecule has 6 nitrogen and oxygen atoms in total. The summed E-state index contributed by atoms with van der Waals surface area (Å²) in [5.74, 6) is -1.73. The van der Waals surface area contributed by atoms with E-state index in [4.69, 9.17) is 20.7 Å². The second kappa shape index (κ2) is 5.39. The summed E-state index contributed by atoms with van der Waals surface area (Å²) in [6, 6.07) is 2.53. The lowest BCUT2D eigenvalue weighted by atomic mass is 10.1. The summed E-state index contributed by atoms with van der Waals surface area (Å²) in [4.78, 5) is 20.2. The Labute approximate surface area is 117 Å². The molecule has 1 aromatic carbocycles. The van der Waals surface area contributed by atoms with E-state index in [1.165, 1.54) is 6.07 Å². The lowest BCUT2D eigenvalue weighted by molar-refractivity contribution is 0.137. The highest BCUT2D eigenvalue weighted by Crippen LogP contribution is 2.38. The number of nitrogens with two attached hydrogens (primary N) is 1. The number of rotatable bonds is 1. The van der Waals surface area contributed by atoms with Crippen LogP contribution >= 0.6 is 0 Å². The molecule has 112 valence electrons. The Bertz CT molecular complexity index is 765. The fraction of sp³-hybridized carbons (Fsp3) is 0.231. The Kier molecular flexibility index (Phi) is 3.79. The molecule has 0 spiro atoms. The molecule has 0 atom stereocenters. The molecule has 0 radical (unpaired) electrons. The van der Waals surface area contributed by atoms with E-state index < -0.39 is 28.9 Å². The standard InChI is InChI=1S/C12H10F2N2O.CH2O3/c13-8-5-7-9(17)3-4-16(6-1-2-6)12(7)10(14)11(8)15;2-1(3)4/h3-6H,1-2,15H2;(H2,2,3,4). The van der Waals surface area contributed by atoms with E-state index in [0.717, 1.165) is 18.9 Å². The maximum absolute atomic E-state index is 14.0. The highest BCUT2D eigenvalue weighted by Gasteiger charge is 2.26. The van der Waals surface area contributed by atoms with Crippen molar-refractivity contribution in [2.24, 2.45) is 0 Å². The Morgan fingerprint density at radius 1 is 1.33 bits per heavy atom. The van der Waals surface area contributed by atoms with E-state index in [2.05, 4.69) is 0 Å². The molecular weight excluding hydrogens is 286 g/mol. The predicted molar refractivity (Wildman–Crippen MR) is 71.5 cm³/mol. The molecular formula is C13H12F2N2O4. The van der Waals surface area contributed by atoms with Gasteiger partial charge in [0.25, 0.3) is 0 Å². The van der Waals surface area contributed by atoms with Gasteiger partial charge >= 0.3 is 6.16 Å². The quantitative estimate of drug-likeness (QED) is 0.701. The number of pyridine rings is 1. The third-order valence-electron chi connectivity index (χ3n) is 3.08. The highest BCUT2D eigenvalue weighted by atomic mass is 19.1. The normalized spacial score (nSPS) is 13.6. The van der Waals surface area contributed by atoms with Gasteiger partial charge < -0.3 is 20.5 Å².